The van der Waals surface area contributed by atoms with E-state index < -0.39 is 0 Å². The number of fused-ring (bicyclic) bond motifs is 11. The lowest BCUT2D eigenvalue weighted by Gasteiger charge is -2.19. The van der Waals surface area contributed by atoms with Crippen molar-refractivity contribution in [3.8, 4) is 33.4 Å². The molecule has 0 saturated heterocycles. The van der Waals surface area contributed by atoms with E-state index in [0.29, 0.717) is 0 Å². The third-order valence-electron chi connectivity index (χ3n) is 11.4. The van der Waals surface area contributed by atoms with Gasteiger partial charge in [-0.15, -0.1) is 11.3 Å². The van der Waals surface area contributed by atoms with Crippen LogP contribution in [0.25, 0.3) is 119 Å². The first kappa shape index (κ1) is 29.8. The van der Waals surface area contributed by atoms with Gasteiger partial charge in [-0.2, -0.15) is 0 Å². The minimum Gasteiger partial charge on any atom is -0.455 e. The van der Waals surface area contributed by atoms with E-state index in [4.69, 9.17) is 4.42 Å². The molecular weight excluding hydrogens is 673 g/mol. The molecule has 0 spiro atoms. The minimum atomic E-state index is 0.936. The van der Waals surface area contributed by atoms with Gasteiger partial charge in [-0.1, -0.05) is 152 Å². The Morgan fingerprint density at radius 2 is 0.944 bits per heavy atom. The summed E-state index contributed by atoms with van der Waals surface area (Å²) in [5.74, 6) is 0. The van der Waals surface area contributed by atoms with Crippen molar-refractivity contribution in [3.63, 3.8) is 0 Å². The first-order valence-corrected chi connectivity index (χ1v) is 19.3. The van der Waals surface area contributed by atoms with Gasteiger partial charge in [0.05, 0.1) is 4.70 Å². The summed E-state index contributed by atoms with van der Waals surface area (Å²) in [6.45, 7) is 0. The summed E-state index contributed by atoms with van der Waals surface area (Å²) in [6.07, 6.45) is 0. The predicted octanol–water partition coefficient (Wildman–Crippen LogP) is 15.6. The largest absolute Gasteiger partial charge is 0.455 e. The molecule has 2 heterocycles. The summed E-state index contributed by atoms with van der Waals surface area (Å²) in [5.41, 5.74) is 9.38. The summed E-state index contributed by atoms with van der Waals surface area (Å²) < 4.78 is 9.11. The van der Waals surface area contributed by atoms with E-state index in [1.807, 2.05) is 11.3 Å². The normalized spacial score (nSPS) is 12.1. The van der Waals surface area contributed by atoms with Gasteiger partial charge in [0.25, 0.3) is 0 Å². The Morgan fingerprint density at radius 3 is 1.72 bits per heavy atom. The monoisotopic (exact) mass is 702 g/mol. The Labute approximate surface area is 314 Å². The van der Waals surface area contributed by atoms with E-state index in [2.05, 4.69) is 182 Å². The van der Waals surface area contributed by atoms with Crippen molar-refractivity contribution in [2.45, 2.75) is 0 Å². The number of hydrogen-bond acceptors (Lipinski definition) is 2. The van der Waals surface area contributed by atoms with E-state index in [1.165, 1.54) is 102 Å². The Kier molecular flexibility index (Phi) is 6.28. The van der Waals surface area contributed by atoms with E-state index in [1.54, 1.807) is 0 Å². The van der Waals surface area contributed by atoms with Gasteiger partial charge in [0.1, 0.15) is 5.58 Å². The second-order valence-electron chi connectivity index (χ2n) is 14.4. The van der Waals surface area contributed by atoms with E-state index in [-0.39, 0.29) is 0 Å². The zero-order chi connectivity index (χ0) is 35.3. The lowest BCUT2D eigenvalue weighted by molar-refractivity contribution is 0.674. The lowest BCUT2D eigenvalue weighted by atomic mass is 9.84. The number of furan rings is 1. The van der Waals surface area contributed by atoms with Crippen LogP contribution < -0.4 is 0 Å². The van der Waals surface area contributed by atoms with Gasteiger partial charge < -0.3 is 4.42 Å². The van der Waals surface area contributed by atoms with Gasteiger partial charge in [-0.05, 0) is 107 Å². The summed E-state index contributed by atoms with van der Waals surface area (Å²) in [6, 6.07) is 66.8. The van der Waals surface area contributed by atoms with Crippen LogP contribution in [0.3, 0.4) is 0 Å². The zero-order valence-corrected chi connectivity index (χ0v) is 30.0. The molecule has 0 fully saturated rings. The molecule has 250 valence electrons. The Balaban J connectivity index is 0.986. The maximum Gasteiger partial charge on any atom is 0.153 e. The lowest BCUT2D eigenvalue weighted by Crippen LogP contribution is -1.91. The highest BCUT2D eigenvalue weighted by atomic mass is 32.1. The number of thiophene rings is 1. The third-order valence-corrected chi connectivity index (χ3v) is 12.6. The minimum absolute atomic E-state index is 0.936. The molecule has 0 N–H and O–H groups in total. The van der Waals surface area contributed by atoms with Gasteiger partial charge in [-0.3, -0.25) is 0 Å². The smallest absolute Gasteiger partial charge is 0.153 e. The quantitative estimate of drug-likeness (QED) is 0.167. The molecule has 12 rings (SSSR count). The SMILES string of the molecule is c1ccc2c(-c3c4ccccc4c(-c4ccc(-c5ccc6cc7oc8c(ccc9c%10ccccc%10sc98)c7cc6c5)cc4)c4ccccc34)cccc2c1. The van der Waals surface area contributed by atoms with Crippen molar-refractivity contribution >= 4 is 96.5 Å². The molecule has 54 heavy (non-hydrogen) atoms. The van der Waals surface area contributed by atoms with Gasteiger partial charge in [-0.25, -0.2) is 0 Å². The van der Waals surface area contributed by atoms with Gasteiger partial charge >= 0.3 is 0 Å². The molecule has 0 saturated carbocycles. The number of benzene rings is 10. The molecule has 0 amide bonds. The Hall–Kier alpha value is -6.74. The molecule has 12 aromatic rings. The van der Waals surface area contributed by atoms with Gasteiger partial charge in [0, 0.05) is 26.2 Å². The Morgan fingerprint density at radius 1 is 0.333 bits per heavy atom. The molecule has 2 heteroatoms. The molecule has 0 aliphatic heterocycles. The topological polar surface area (TPSA) is 13.1 Å². The van der Waals surface area contributed by atoms with Crippen LogP contribution >= 0.6 is 11.3 Å². The fourth-order valence-corrected chi connectivity index (χ4v) is 10.1. The van der Waals surface area contributed by atoms with Gasteiger partial charge in [0.15, 0.2) is 5.58 Å². The average molecular weight is 703 g/mol. The Bertz CT molecular complexity index is 3430. The molecule has 0 aliphatic carbocycles. The van der Waals surface area contributed by atoms with E-state index >= 15 is 0 Å². The van der Waals surface area contributed by atoms with Crippen LogP contribution in [0.15, 0.2) is 186 Å². The predicted molar refractivity (Wildman–Crippen MR) is 233 cm³/mol. The van der Waals surface area contributed by atoms with Crippen molar-refractivity contribution in [1.82, 2.24) is 0 Å². The summed E-state index contributed by atoms with van der Waals surface area (Å²) >= 11 is 1.82. The average Bonchev–Trinajstić information content (AvgIpc) is 3.80. The van der Waals surface area contributed by atoms with Crippen LogP contribution in [0.1, 0.15) is 0 Å². The molecule has 0 atom stereocenters. The van der Waals surface area contributed by atoms with E-state index in [9.17, 15) is 0 Å². The summed E-state index contributed by atoms with van der Waals surface area (Å²) in [7, 11) is 0. The second-order valence-corrected chi connectivity index (χ2v) is 15.4. The van der Waals surface area contributed by atoms with Gasteiger partial charge in [0.2, 0.25) is 0 Å². The third kappa shape index (κ3) is 4.32. The second kappa shape index (κ2) is 11.4. The van der Waals surface area contributed by atoms with Crippen molar-refractivity contribution in [2.75, 3.05) is 0 Å². The van der Waals surface area contributed by atoms with Crippen molar-refractivity contribution in [3.05, 3.63) is 182 Å². The van der Waals surface area contributed by atoms with Crippen LogP contribution in [0.4, 0.5) is 0 Å². The molecule has 0 radical (unpaired) electrons. The first-order valence-electron chi connectivity index (χ1n) is 18.5. The highest BCUT2D eigenvalue weighted by Gasteiger charge is 2.19. The molecule has 0 unspecified atom stereocenters. The number of rotatable bonds is 3. The summed E-state index contributed by atoms with van der Waals surface area (Å²) in [5, 5.41) is 14.9. The van der Waals surface area contributed by atoms with Crippen LogP contribution in [0.2, 0.25) is 0 Å². The maximum absolute atomic E-state index is 6.60. The van der Waals surface area contributed by atoms with Crippen molar-refractivity contribution in [2.24, 2.45) is 0 Å². The first-order chi connectivity index (χ1) is 26.8. The standard InChI is InChI=1S/C52H30OS/c1-2-12-37-32(10-1)11-9-18-39(37)50-42-16-5-3-14-40(42)49(41-15-4-6-17-43(41)50)33-22-20-31(21-23-33)34-24-25-35-30-47-46(29-36(35)28-34)44-26-27-45-38-13-7-8-19-48(38)54-52(45)51(44)53-47/h1-30H. The van der Waals surface area contributed by atoms with Crippen molar-refractivity contribution in [1.29, 1.82) is 0 Å². The van der Waals surface area contributed by atoms with Crippen LogP contribution in [0, 0.1) is 0 Å². The molecule has 0 aliphatic rings. The molecule has 0 bridgehead atoms. The zero-order valence-electron chi connectivity index (χ0n) is 29.1. The van der Waals surface area contributed by atoms with Crippen LogP contribution in [-0.2, 0) is 0 Å². The molecular formula is C52H30OS. The van der Waals surface area contributed by atoms with Crippen molar-refractivity contribution < 1.29 is 4.42 Å². The maximum atomic E-state index is 6.60. The van der Waals surface area contributed by atoms with E-state index in [0.717, 1.165) is 16.6 Å². The van der Waals surface area contributed by atoms with Crippen LogP contribution in [0.5, 0.6) is 0 Å². The highest BCUT2D eigenvalue weighted by molar-refractivity contribution is 7.26. The fourth-order valence-electron chi connectivity index (χ4n) is 8.94. The summed E-state index contributed by atoms with van der Waals surface area (Å²) in [4.78, 5) is 0. The highest BCUT2D eigenvalue weighted by Crippen LogP contribution is 2.46. The molecule has 2 aromatic heterocycles. The fraction of sp³-hybridized carbons (Fsp3) is 0. The number of hydrogen-bond donors (Lipinski definition) is 0. The van der Waals surface area contributed by atoms with Crippen LogP contribution in [-0.4, -0.2) is 0 Å². The molecule has 10 aromatic carbocycles. The molecule has 1 nitrogen and oxygen atoms in total.